The molecule has 2 radical (unpaired) electrons. The molecular formula is C4H8B2S. The van der Waals surface area contributed by atoms with Crippen molar-refractivity contribution in [2.45, 2.75) is 13.1 Å². The summed E-state index contributed by atoms with van der Waals surface area (Å²) in [5.74, 6) is 0.345. The van der Waals surface area contributed by atoms with Crippen LogP contribution in [0.15, 0.2) is 12.1 Å². The number of hydrogen-bond acceptors (Lipinski definition) is 1. The summed E-state index contributed by atoms with van der Waals surface area (Å²) in [4.78, 5) is 0. The summed E-state index contributed by atoms with van der Waals surface area (Å²) in [5.41, 5.74) is 0.711. The van der Waals surface area contributed by atoms with Crippen molar-refractivity contribution in [3.8, 4) is 0 Å². The second kappa shape index (κ2) is 3.25. The highest BCUT2D eigenvalue weighted by atomic mass is 32.1. The van der Waals surface area contributed by atoms with E-state index in [1.807, 2.05) is 6.82 Å². The number of hydrogen-bond donors (Lipinski definition) is 1. The molecule has 0 bridgehead atoms. The minimum atomic E-state index is 0.345. The van der Waals surface area contributed by atoms with Gasteiger partial charge in [0.05, 0.1) is 0 Å². The zero-order valence-corrected chi connectivity index (χ0v) is 5.41. The van der Waals surface area contributed by atoms with E-state index in [2.05, 4.69) is 19.1 Å². The van der Waals surface area contributed by atoms with E-state index in [4.69, 9.17) is 7.85 Å². The highest BCUT2D eigenvalue weighted by molar-refractivity contribution is 8.10. The van der Waals surface area contributed by atoms with E-state index in [1.165, 1.54) is 0 Å². The Morgan fingerprint density at radius 1 is 2.00 bits per heavy atom. The maximum Gasteiger partial charge on any atom is 0.205 e. The fourth-order valence-corrected chi connectivity index (χ4v) is 0.614. The summed E-state index contributed by atoms with van der Waals surface area (Å²) in [5, 5.41) is 0. The Morgan fingerprint density at radius 2 is 2.43 bits per heavy atom. The molecule has 0 spiro atoms. The van der Waals surface area contributed by atoms with Gasteiger partial charge in [0.25, 0.3) is 0 Å². The Morgan fingerprint density at radius 3 is 2.43 bits per heavy atom. The van der Waals surface area contributed by atoms with Crippen LogP contribution in [0.1, 0.15) is 0 Å². The Bertz CT molecular complexity index is 70.1. The molecule has 7 heavy (non-hydrogen) atoms. The summed E-state index contributed by atoms with van der Waals surface area (Å²) < 4.78 is 0. The predicted octanol–water partition coefficient (Wildman–Crippen LogP) is 1.22. The van der Waals surface area contributed by atoms with Crippen molar-refractivity contribution < 1.29 is 0 Å². The fraction of sp³-hybridized carbons (Fsp3) is 0.500. The lowest BCUT2D eigenvalue weighted by molar-refractivity contribution is 1.63. The third-order valence-electron chi connectivity index (χ3n) is 0.558. The largest absolute Gasteiger partial charge is 0.227 e. The van der Waals surface area contributed by atoms with Crippen LogP contribution >= 0.6 is 12.5 Å². The molecule has 0 aromatic rings. The second-order valence-electron chi connectivity index (χ2n) is 1.71. The smallest absolute Gasteiger partial charge is 0.205 e. The van der Waals surface area contributed by atoms with Gasteiger partial charge >= 0.3 is 0 Å². The third-order valence-corrected chi connectivity index (χ3v) is 0.740. The summed E-state index contributed by atoms with van der Waals surface area (Å²) in [7, 11) is 5.25. The summed E-state index contributed by atoms with van der Waals surface area (Å²) in [6.07, 6.45) is 0.809. The van der Waals surface area contributed by atoms with Gasteiger partial charge < -0.3 is 0 Å². The van der Waals surface area contributed by atoms with Crippen LogP contribution in [0, 0.1) is 0 Å². The zero-order valence-electron chi connectivity index (χ0n) is 4.52. The molecular weight excluding hydrogens is 102 g/mol. The Hall–Kier alpha value is 0.220. The van der Waals surface area contributed by atoms with Gasteiger partial charge in [0.1, 0.15) is 7.85 Å². The van der Waals surface area contributed by atoms with E-state index in [0.29, 0.717) is 11.5 Å². The van der Waals surface area contributed by atoms with Gasteiger partial charge in [-0.25, -0.2) is 12.5 Å². The van der Waals surface area contributed by atoms with Crippen molar-refractivity contribution in [2.24, 2.45) is 0 Å². The maximum atomic E-state index is 5.25. The van der Waals surface area contributed by atoms with Gasteiger partial charge in [-0.15, -0.1) is 12.1 Å². The number of rotatable bonds is 2. The number of thiol groups is 1. The molecule has 0 saturated carbocycles. The number of allylic oxidation sites excluding steroid dienone is 1. The van der Waals surface area contributed by atoms with Crippen LogP contribution in [-0.4, -0.2) is 13.8 Å². The SMILES string of the molecule is [B]C(=C)CB(C)S. The second-order valence-corrected chi connectivity index (χ2v) is 2.59. The first-order valence-corrected chi connectivity index (χ1v) is 2.76. The molecule has 0 amide bonds. The van der Waals surface area contributed by atoms with Gasteiger partial charge in [0.15, 0.2) is 0 Å². The first-order chi connectivity index (χ1) is 3.13. The Kier molecular flexibility index (Phi) is 3.35. The van der Waals surface area contributed by atoms with Crippen LogP contribution in [0.5, 0.6) is 0 Å². The van der Waals surface area contributed by atoms with Crippen molar-refractivity contribution in [1.29, 1.82) is 0 Å². The van der Waals surface area contributed by atoms with Crippen LogP contribution in [-0.2, 0) is 0 Å². The minimum Gasteiger partial charge on any atom is -0.227 e. The molecule has 0 unspecified atom stereocenters. The van der Waals surface area contributed by atoms with Crippen LogP contribution < -0.4 is 0 Å². The standard InChI is InChI=1S/C4H8B2S/c1-4(5)3-6(2)7/h7H,1,3H2,2H3. The summed E-state index contributed by atoms with van der Waals surface area (Å²) in [6, 6.07) is 0. The van der Waals surface area contributed by atoms with E-state index >= 15 is 0 Å². The van der Waals surface area contributed by atoms with Crippen molar-refractivity contribution in [2.75, 3.05) is 0 Å². The van der Waals surface area contributed by atoms with Crippen LogP contribution in [0.4, 0.5) is 0 Å². The molecule has 0 N–H and O–H groups in total. The molecule has 0 fully saturated rings. The molecule has 0 aliphatic carbocycles. The van der Waals surface area contributed by atoms with Crippen molar-refractivity contribution in [1.82, 2.24) is 0 Å². The molecule has 0 nitrogen and oxygen atoms in total. The van der Waals surface area contributed by atoms with Crippen LogP contribution in [0.25, 0.3) is 0 Å². The quantitative estimate of drug-likeness (QED) is 0.400. The van der Waals surface area contributed by atoms with E-state index < -0.39 is 0 Å². The normalized spacial score (nSPS) is 8.29. The highest BCUT2D eigenvalue weighted by Crippen LogP contribution is 2.01. The average Bonchev–Trinajstić information content (AvgIpc) is 1.27. The van der Waals surface area contributed by atoms with Gasteiger partial charge in [0.2, 0.25) is 5.99 Å². The van der Waals surface area contributed by atoms with E-state index in [9.17, 15) is 0 Å². The molecule has 0 heterocycles. The first-order valence-electron chi connectivity index (χ1n) is 2.24. The topological polar surface area (TPSA) is 0 Å². The fourth-order valence-electron chi connectivity index (χ4n) is 0.379. The summed E-state index contributed by atoms with van der Waals surface area (Å²) in [6.45, 7) is 5.51. The van der Waals surface area contributed by atoms with Gasteiger partial charge in [-0.1, -0.05) is 13.1 Å². The lowest BCUT2D eigenvalue weighted by atomic mass is 9.68. The molecule has 0 aliphatic heterocycles. The van der Waals surface area contributed by atoms with Gasteiger partial charge in [-0.2, -0.15) is 0 Å². The van der Waals surface area contributed by atoms with Crippen LogP contribution in [0.3, 0.4) is 0 Å². The average molecular weight is 110 g/mol. The predicted molar refractivity (Wildman–Crippen MR) is 40.3 cm³/mol. The Balaban J connectivity index is 3.13. The van der Waals surface area contributed by atoms with E-state index in [-0.39, 0.29) is 0 Å². The molecule has 0 rings (SSSR count). The molecule has 0 atom stereocenters. The molecule has 0 aliphatic rings. The van der Waals surface area contributed by atoms with Crippen molar-refractivity contribution >= 4 is 26.3 Å². The minimum absolute atomic E-state index is 0.345. The monoisotopic (exact) mass is 110 g/mol. The van der Waals surface area contributed by atoms with E-state index in [1.54, 1.807) is 0 Å². The Labute approximate surface area is 52.2 Å². The van der Waals surface area contributed by atoms with E-state index in [0.717, 1.165) is 6.32 Å². The highest BCUT2D eigenvalue weighted by Gasteiger charge is 1.96. The lowest BCUT2D eigenvalue weighted by Crippen LogP contribution is -1.96. The lowest BCUT2D eigenvalue weighted by Gasteiger charge is -1.95. The molecule has 3 heteroatoms. The van der Waals surface area contributed by atoms with Gasteiger partial charge in [-0.05, 0) is 0 Å². The summed E-state index contributed by atoms with van der Waals surface area (Å²) >= 11 is 4.10. The third kappa shape index (κ3) is 6.22. The van der Waals surface area contributed by atoms with Crippen LogP contribution in [0.2, 0.25) is 13.1 Å². The van der Waals surface area contributed by atoms with Crippen molar-refractivity contribution in [3.63, 3.8) is 0 Å². The van der Waals surface area contributed by atoms with Gasteiger partial charge in [-0.3, -0.25) is 0 Å². The zero-order chi connectivity index (χ0) is 5.86. The molecule has 0 aromatic carbocycles. The van der Waals surface area contributed by atoms with Gasteiger partial charge in [0, 0.05) is 0 Å². The first kappa shape index (κ1) is 7.22. The molecule has 0 saturated heterocycles. The molecule has 0 aromatic heterocycles. The van der Waals surface area contributed by atoms with Crippen molar-refractivity contribution in [3.05, 3.63) is 12.1 Å². The maximum absolute atomic E-state index is 5.25. The molecule has 36 valence electrons.